The van der Waals surface area contributed by atoms with E-state index in [9.17, 15) is 9.59 Å². The Bertz CT molecular complexity index is 1060. The molecule has 2 aromatic carbocycles. The number of benzene rings is 2. The number of rotatable bonds is 8. The lowest BCUT2D eigenvalue weighted by molar-refractivity contribution is -0.122. The van der Waals surface area contributed by atoms with E-state index in [1.807, 2.05) is 35.2 Å². The SMILES string of the molecule is NCC(=O)Nc1ccc(CCC(=O)NC(N2CCCN(c3ccccc3N)C2=S)C(Cl)(Cl)Cl)cc1. The average molecular weight is 558 g/mol. The van der Waals surface area contributed by atoms with Crippen LogP contribution in [0.1, 0.15) is 18.4 Å². The molecule has 1 atom stereocenters. The Balaban J connectivity index is 1.65. The molecule has 1 unspecified atom stereocenters. The molecule has 2 aromatic rings. The van der Waals surface area contributed by atoms with E-state index in [2.05, 4.69) is 10.6 Å². The first-order valence-electron chi connectivity index (χ1n) is 11.0. The highest BCUT2D eigenvalue weighted by molar-refractivity contribution is 7.80. The second-order valence-electron chi connectivity index (χ2n) is 8.00. The minimum Gasteiger partial charge on any atom is -0.397 e. The number of thiocarbonyl (C=S) groups is 1. The number of carbonyl (C=O) groups excluding carboxylic acids is 2. The summed E-state index contributed by atoms with van der Waals surface area (Å²) in [6.07, 6.45) is 0.394. The summed E-state index contributed by atoms with van der Waals surface area (Å²) >= 11 is 24.6. The fraction of sp³-hybridized carbons (Fsp3) is 0.348. The lowest BCUT2D eigenvalue weighted by atomic mass is 10.1. The number of aryl methyl sites for hydroxylation is 1. The smallest absolute Gasteiger partial charge is 0.238 e. The maximum Gasteiger partial charge on any atom is 0.238 e. The Morgan fingerprint density at radius 1 is 1.06 bits per heavy atom. The Morgan fingerprint density at radius 2 is 1.74 bits per heavy atom. The lowest BCUT2D eigenvalue weighted by Crippen LogP contribution is -2.62. The summed E-state index contributed by atoms with van der Waals surface area (Å²) in [5.74, 6) is -0.569. The summed E-state index contributed by atoms with van der Waals surface area (Å²) in [4.78, 5) is 27.8. The third-order valence-corrected chi connectivity index (χ3v) is 6.54. The van der Waals surface area contributed by atoms with Gasteiger partial charge in [0, 0.05) is 25.2 Å². The van der Waals surface area contributed by atoms with E-state index in [0.29, 0.717) is 36.0 Å². The predicted molar refractivity (Wildman–Crippen MR) is 147 cm³/mol. The van der Waals surface area contributed by atoms with E-state index in [4.69, 9.17) is 58.5 Å². The molecule has 12 heteroatoms. The zero-order valence-corrected chi connectivity index (χ0v) is 21.9. The Labute approximate surface area is 224 Å². The van der Waals surface area contributed by atoms with E-state index < -0.39 is 9.96 Å². The maximum absolute atomic E-state index is 12.8. The molecule has 1 heterocycles. The molecule has 1 aliphatic rings. The molecule has 0 aliphatic carbocycles. The van der Waals surface area contributed by atoms with Crippen molar-refractivity contribution in [2.45, 2.75) is 29.2 Å². The number of amides is 2. The van der Waals surface area contributed by atoms with Gasteiger partial charge in [-0.3, -0.25) is 9.59 Å². The van der Waals surface area contributed by atoms with Crippen LogP contribution in [0.25, 0.3) is 0 Å². The molecule has 0 aromatic heterocycles. The molecule has 3 rings (SSSR count). The van der Waals surface area contributed by atoms with Gasteiger partial charge in [-0.15, -0.1) is 0 Å². The van der Waals surface area contributed by atoms with Gasteiger partial charge in [0.25, 0.3) is 0 Å². The molecule has 1 aliphatic heterocycles. The molecule has 0 spiro atoms. The first-order valence-corrected chi connectivity index (χ1v) is 12.5. The molecule has 1 fully saturated rings. The molecule has 1 saturated heterocycles. The minimum absolute atomic E-state index is 0.0940. The first-order chi connectivity index (χ1) is 16.6. The molecular weight excluding hydrogens is 531 g/mol. The molecule has 0 saturated carbocycles. The van der Waals surface area contributed by atoms with Crippen LogP contribution in [0.4, 0.5) is 17.1 Å². The molecule has 8 nitrogen and oxygen atoms in total. The number of carbonyl (C=O) groups is 2. The number of hydrogen-bond donors (Lipinski definition) is 4. The molecule has 2 amide bonds. The van der Waals surface area contributed by atoms with E-state index in [0.717, 1.165) is 17.7 Å². The van der Waals surface area contributed by atoms with Crippen molar-refractivity contribution >= 4 is 81.0 Å². The zero-order valence-electron chi connectivity index (χ0n) is 18.8. The summed E-state index contributed by atoms with van der Waals surface area (Å²) < 4.78 is -1.83. The largest absolute Gasteiger partial charge is 0.397 e. The summed E-state index contributed by atoms with van der Waals surface area (Å²) in [6, 6.07) is 14.5. The van der Waals surface area contributed by atoms with Gasteiger partial charge >= 0.3 is 0 Å². The monoisotopic (exact) mass is 556 g/mol. The van der Waals surface area contributed by atoms with E-state index >= 15 is 0 Å². The van der Waals surface area contributed by atoms with Crippen LogP contribution in [0.15, 0.2) is 48.5 Å². The highest BCUT2D eigenvalue weighted by atomic mass is 35.6. The third kappa shape index (κ3) is 7.35. The summed E-state index contributed by atoms with van der Waals surface area (Å²) in [7, 11) is 0. The Morgan fingerprint density at radius 3 is 2.37 bits per heavy atom. The van der Waals surface area contributed by atoms with Crippen LogP contribution in [0, 0.1) is 0 Å². The third-order valence-electron chi connectivity index (χ3n) is 5.47. The van der Waals surface area contributed by atoms with Gasteiger partial charge in [-0.05, 0) is 54.9 Å². The predicted octanol–water partition coefficient (Wildman–Crippen LogP) is 3.41. The van der Waals surface area contributed by atoms with Crippen LogP contribution in [0.2, 0.25) is 0 Å². The number of hydrogen-bond acceptors (Lipinski definition) is 5. The van der Waals surface area contributed by atoms with Gasteiger partial charge in [-0.1, -0.05) is 59.1 Å². The van der Waals surface area contributed by atoms with E-state index in [-0.39, 0.29) is 24.8 Å². The van der Waals surface area contributed by atoms with Crippen molar-refractivity contribution in [2.24, 2.45) is 5.73 Å². The van der Waals surface area contributed by atoms with Crippen LogP contribution >= 0.6 is 47.0 Å². The first kappa shape index (κ1) is 27.3. The number of anilines is 3. The Hall–Kier alpha value is -2.30. The van der Waals surface area contributed by atoms with Crippen LogP contribution in [-0.4, -0.2) is 51.4 Å². The normalized spacial score (nSPS) is 15.0. The van der Waals surface area contributed by atoms with Crippen LogP contribution in [0.5, 0.6) is 0 Å². The fourth-order valence-electron chi connectivity index (χ4n) is 3.73. The summed E-state index contributed by atoms with van der Waals surface area (Å²) in [5.41, 5.74) is 14.3. The molecule has 0 bridgehead atoms. The second-order valence-corrected chi connectivity index (χ2v) is 10.7. The van der Waals surface area contributed by atoms with Crippen molar-refractivity contribution in [1.82, 2.24) is 10.2 Å². The molecular formula is C23H27Cl3N6O2S. The number of para-hydroxylation sites is 2. The van der Waals surface area contributed by atoms with E-state index in [1.54, 1.807) is 23.1 Å². The van der Waals surface area contributed by atoms with Gasteiger partial charge < -0.3 is 31.9 Å². The summed E-state index contributed by atoms with van der Waals surface area (Å²) in [6.45, 7) is 1.08. The van der Waals surface area contributed by atoms with Crippen molar-refractivity contribution < 1.29 is 9.59 Å². The van der Waals surface area contributed by atoms with Crippen LogP contribution in [-0.2, 0) is 16.0 Å². The van der Waals surface area contributed by atoms with Gasteiger partial charge in [0.15, 0.2) is 11.3 Å². The van der Waals surface area contributed by atoms with E-state index in [1.165, 1.54) is 0 Å². The Kier molecular flexibility index (Phi) is 9.43. The molecule has 6 N–H and O–H groups in total. The topological polar surface area (TPSA) is 117 Å². The van der Waals surface area contributed by atoms with Crippen molar-refractivity contribution in [3.8, 4) is 0 Å². The molecule has 0 radical (unpaired) electrons. The molecule has 35 heavy (non-hydrogen) atoms. The van der Waals surface area contributed by atoms with Gasteiger partial charge in [0.1, 0.15) is 0 Å². The highest BCUT2D eigenvalue weighted by Gasteiger charge is 2.42. The second kappa shape index (κ2) is 12.1. The number of nitrogen functional groups attached to an aromatic ring is 1. The number of alkyl halides is 3. The number of nitrogens with one attached hydrogen (secondary N) is 2. The fourth-order valence-corrected chi connectivity index (χ4v) is 4.63. The number of halogens is 3. The van der Waals surface area contributed by atoms with Gasteiger partial charge in [0.05, 0.1) is 17.9 Å². The van der Waals surface area contributed by atoms with Crippen molar-refractivity contribution in [1.29, 1.82) is 0 Å². The average Bonchev–Trinajstić information content (AvgIpc) is 2.82. The zero-order chi connectivity index (χ0) is 25.6. The van der Waals surface area contributed by atoms with Crippen LogP contribution in [0.3, 0.4) is 0 Å². The number of nitrogens with two attached hydrogens (primary N) is 2. The quantitative estimate of drug-likeness (QED) is 0.223. The van der Waals surface area contributed by atoms with Crippen molar-refractivity contribution in [3.05, 3.63) is 54.1 Å². The van der Waals surface area contributed by atoms with Gasteiger partial charge in [-0.2, -0.15) is 0 Å². The maximum atomic E-state index is 12.8. The number of nitrogens with zero attached hydrogens (tertiary/aromatic N) is 2. The van der Waals surface area contributed by atoms with Crippen molar-refractivity contribution in [3.63, 3.8) is 0 Å². The standard InChI is InChI=1S/C23H27Cl3N6O2S/c24-23(25,26)21(32-13-3-12-31(22(32)35)18-5-2-1-4-17(18)28)30-19(33)11-8-15-6-9-16(10-7-15)29-20(34)14-27/h1-2,4-7,9-10,21H,3,8,11-14,27-28H2,(H,29,34)(H,30,33). The summed E-state index contributed by atoms with van der Waals surface area (Å²) in [5, 5.41) is 5.92. The molecule has 188 valence electrons. The van der Waals surface area contributed by atoms with Gasteiger partial charge in [0.2, 0.25) is 15.6 Å². The highest BCUT2D eigenvalue weighted by Crippen LogP contribution is 2.35. The van der Waals surface area contributed by atoms with Crippen molar-refractivity contribution in [2.75, 3.05) is 35.6 Å². The lowest BCUT2D eigenvalue weighted by Gasteiger charge is -2.44. The van der Waals surface area contributed by atoms with Crippen LogP contribution < -0.4 is 27.0 Å². The minimum atomic E-state index is -1.83. The van der Waals surface area contributed by atoms with Gasteiger partial charge in [-0.25, -0.2) is 0 Å².